The van der Waals surface area contributed by atoms with Gasteiger partial charge in [-0.25, -0.2) is 4.98 Å². The van der Waals surface area contributed by atoms with Crippen LogP contribution in [-0.4, -0.2) is 15.9 Å². The number of pyridine rings is 2. The van der Waals surface area contributed by atoms with E-state index in [1.165, 1.54) is 0 Å². The standard InChI is InChI=1S/C13H11ClN4O/c1-7-2-4-15-9(6-7)12-17-8-3-5-16-11(14)10(8)13(19)18-12/h2-6,12,17H,1H3,(H,18,19). The second-order valence-corrected chi connectivity index (χ2v) is 4.69. The van der Waals surface area contributed by atoms with Crippen molar-refractivity contribution in [3.05, 3.63) is 52.6 Å². The van der Waals surface area contributed by atoms with Crippen LogP contribution in [0.2, 0.25) is 5.15 Å². The molecule has 6 heteroatoms. The van der Waals surface area contributed by atoms with E-state index in [1.807, 2.05) is 19.1 Å². The van der Waals surface area contributed by atoms with Crippen molar-refractivity contribution in [2.24, 2.45) is 0 Å². The third-order valence-corrected chi connectivity index (χ3v) is 3.23. The topological polar surface area (TPSA) is 66.9 Å². The minimum absolute atomic E-state index is 0.193. The molecule has 0 saturated carbocycles. The van der Waals surface area contributed by atoms with Crippen LogP contribution in [0.3, 0.4) is 0 Å². The lowest BCUT2D eigenvalue weighted by Crippen LogP contribution is -2.39. The summed E-state index contributed by atoms with van der Waals surface area (Å²) in [4.78, 5) is 20.2. The number of halogens is 1. The zero-order valence-electron chi connectivity index (χ0n) is 10.1. The molecule has 0 radical (unpaired) electrons. The van der Waals surface area contributed by atoms with E-state index >= 15 is 0 Å². The van der Waals surface area contributed by atoms with Gasteiger partial charge in [-0.2, -0.15) is 0 Å². The Morgan fingerprint density at radius 2 is 2.00 bits per heavy atom. The van der Waals surface area contributed by atoms with Gasteiger partial charge in [0, 0.05) is 12.4 Å². The summed E-state index contributed by atoms with van der Waals surface area (Å²) in [7, 11) is 0. The maximum atomic E-state index is 12.1. The molecule has 0 fully saturated rings. The van der Waals surface area contributed by atoms with Crippen LogP contribution >= 0.6 is 11.6 Å². The molecule has 1 amide bonds. The summed E-state index contributed by atoms with van der Waals surface area (Å²) in [5.74, 6) is -0.250. The van der Waals surface area contributed by atoms with E-state index in [9.17, 15) is 4.79 Å². The van der Waals surface area contributed by atoms with Crippen molar-refractivity contribution in [1.82, 2.24) is 15.3 Å². The highest BCUT2D eigenvalue weighted by Gasteiger charge is 2.27. The molecule has 19 heavy (non-hydrogen) atoms. The first-order valence-electron chi connectivity index (χ1n) is 5.79. The first-order valence-corrected chi connectivity index (χ1v) is 6.17. The highest BCUT2D eigenvalue weighted by molar-refractivity contribution is 6.33. The van der Waals surface area contributed by atoms with Crippen LogP contribution in [0.5, 0.6) is 0 Å². The molecular weight excluding hydrogens is 264 g/mol. The summed E-state index contributed by atoms with van der Waals surface area (Å²) >= 11 is 5.93. The minimum atomic E-state index is -0.363. The third-order valence-electron chi connectivity index (χ3n) is 2.94. The summed E-state index contributed by atoms with van der Waals surface area (Å²) in [6, 6.07) is 5.55. The summed E-state index contributed by atoms with van der Waals surface area (Å²) in [5, 5.41) is 6.21. The number of carbonyl (C=O) groups is 1. The highest BCUT2D eigenvalue weighted by Crippen LogP contribution is 2.29. The largest absolute Gasteiger partial charge is 0.360 e. The van der Waals surface area contributed by atoms with E-state index in [4.69, 9.17) is 11.6 Å². The monoisotopic (exact) mass is 274 g/mol. The van der Waals surface area contributed by atoms with Crippen molar-refractivity contribution in [3.63, 3.8) is 0 Å². The second-order valence-electron chi connectivity index (χ2n) is 4.33. The van der Waals surface area contributed by atoms with E-state index in [-0.39, 0.29) is 17.2 Å². The van der Waals surface area contributed by atoms with Gasteiger partial charge in [0.2, 0.25) is 0 Å². The van der Waals surface area contributed by atoms with Crippen LogP contribution in [-0.2, 0) is 0 Å². The van der Waals surface area contributed by atoms with E-state index in [2.05, 4.69) is 20.6 Å². The lowest BCUT2D eigenvalue weighted by Gasteiger charge is -2.27. The molecule has 1 aliphatic heterocycles. The average molecular weight is 275 g/mol. The molecule has 1 aliphatic rings. The number of nitrogens with one attached hydrogen (secondary N) is 2. The Kier molecular flexibility index (Phi) is 2.83. The van der Waals surface area contributed by atoms with E-state index in [0.29, 0.717) is 11.3 Å². The molecule has 1 unspecified atom stereocenters. The van der Waals surface area contributed by atoms with Gasteiger partial charge >= 0.3 is 0 Å². The molecule has 3 rings (SSSR count). The second kappa shape index (κ2) is 4.51. The lowest BCUT2D eigenvalue weighted by molar-refractivity contribution is 0.0934. The molecule has 2 aromatic rings. The molecule has 5 nitrogen and oxygen atoms in total. The maximum absolute atomic E-state index is 12.1. The fourth-order valence-electron chi connectivity index (χ4n) is 2.03. The van der Waals surface area contributed by atoms with Crippen molar-refractivity contribution in [2.75, 3.05) is 5.32 Å². The molecule has 2 aromatic heterocycles. The smallest absolute Gasteiger partial charge is 0.258 e. The van der Waals surface area contributed by atoms with Crippen LogP contribution in [0.4, 0.5) is 5.69 Å². The van der Waals surface area contributed by atoms with Crippen LogP contribution in [0.1, 0.15) is 27.8 Å². The van der Waals surface area contributed by atoms with Crippen LogP contribution in [0, 0.1) is 6.92 Å². The van der Waals surface area contributed by atoms with Gasteiger partial charge in [-0.3, -0.25) is 9.78 Å². The molecule has 0 aromatic carbocycles. The summed E-state index contributed by atoms with van der Waals surface area (Å²) in [6.07, 6.45) is 2.92. The Morgan fingerprint density at radius 3 is 2.79 bits per heavy atom. The number of nitrogens with zero attached hydrogens (tertiary/aromatic N) is 2. The van der Waals surface area contributed by atoms with Gasteiger partial charge in [0.25, 0.3) is 5.91 Å². The molecule has 1 atom stereocenters. The number of hydrogen-bond donors (Lipinski definition) is 2. The van der Waals surface area contributed by atoms with Gasteiger partial charge in [-0.05, 0) is 30.7 Å². The zero-order chi connectivity index (χ0) is 13.4. The van der Waals surface area contributed by atoms with Gasteiger partial charge in [0.1, 0.15) is 11.3 Å². The van der Waals surface area contributed by atoms with Crippen LogP contribution in [0.15, 0.2) is 30.6 Å². The van der Waals surface area contributed by atoms with Crippen molar-refractivity contribution in [1.29, 1.82) is 0 Å². The summed E-state index contributed by atoms with van der Waals surface area (Å²) in [5.41, 5.74) is 2.87. The SMILES string of the molecule is Cc1ccnc(C2NC(=O)c3c(ccnc3Cl)N2)c1. The molecular formula is C13H11ClN4O. The van der Waals surface area contributed by atoms with Crippen molar-refractivity contribution >= 4 is 23.2 Å². The average Bonchev–Trinajstić information content (AvgIpc) is 2.38. The molecule has 96 valence electrons. The maximum Gasteiger partial charge on any atom is 0.258 e. The predicted octanol–water partition coefficient (Wildman–Crippen LogP) is 2.29. The first-order chi connectivity index (χ1) is 9.15. The van der Waals surface area contributed by atoms with Gasteiger partial charge in [-0.1, -0.05) is 11.6 Å². The Bertz CT molecular complexity index is 659. The van der Waals surface area contributed by atoms with Crippen molar-refractivity contribution in [2.45, 2.75) is 13.1 Å². The van der Waals surface area contributed by atoms with Crippen molar-refractivity contribution < 1.29 is 4.79 Å². The van der Waals surface area contributed by atoms with E-state index in [0.717, 1.165) is 11.3 Å². The van der Waals surface area contributed by atoms with Gasteiger partial charge in [0.15, 0.2) is 0 Å². The highest BCUT2D eigenvalue weighted by atomic mass is 35.5. The molecule has 0 bridgehead atoms. The van der Waals surface area contributed by atoms with Gasteiger partial charge < -0.3 is 10.6 Å². The zero-order valence-corrected chi connectivity index (χ0v) is 10.9. The number of aromatic nitrogens is 2. The Morgan fingerprint density at radius 1 is 1.21 bits per heavy atom. The van der Waals surface area contributed by atoms with Crippen LogP contribution in [0.25, 0.3) is 0 Å². The van der Waals surface area contributed by atoms with Crippen molar-refractivity contribution in [3.8, 4) is 0 Å². The number of carbonyl (C=O) groups excluding carboxylic acids is 1. The molecule has 3 heterocycles. The number of fused-ring (bicyclic) bond motifs is 1. The van der Waals surface area contributed by atoms with E-state index in [1.54, 1.807) is 18.5 Å². The number of amides is 1. The van der Waals surface area contributed by atoms with Gasteiger partial charge in [0.05, 0.1) is 16.9 Å². The predicted molar refractivity (Wildman–Crippen MR) is 72.1 cm³/mol. The number of aryl methyl sites for hydroxylation is 1. The molecule has 0 saturated heterocycles. The van der Waals surface area contributed by atoms with E-state index < -0.39 is 0 Å². The normalized spacial score (nSPS) is 17.4. The lowest BCUT2D eigenvalue weighted by atomic mass is 10.1. The Labute approximate surface area is 115 Å². The number of anilines is 1. The Hall–Kier alpha value is -2.14. The third kappa shape index (κ3) is 2.13. The summed E-state index contributed by atoms with van der Waals surface area (Å²) < 4.78 is 0. The number of hydrogen-bond acceptors (Lipinski definition) is 4. The quantitative estimate of drug-likeness (QED) is 0.783. The minimum Gasteiger partial charge on any atom is -0.360 e. The fraction of sp³-hybridized carbons (Fsp3) is 0.154. The summed E-state index contributed by atoms with van der Waals surface area (Å²) in [6.45, 7) is 1.98. The van der Waals surface area contributed by atoms with Gasteiger partial charge in [-0.15, -0.1) is 0 Å². The fourth-order valence-corrected chi connectivity index (χ4v) is 2.28. The first kappa shape index (κ1) is 11.9. The number of rotatable bonds is 1. The van der Waals surface area contributed by atoms with Crippen LogP contribution < -0.4 is 10.6 Å². The molecule has 0 spiro atoms. The molecule has 0 aliphatic carbocycles. The molecule has 2 N–H and O–H groups in total. The Balaban J connectivity index is 2.00.